The minimum atomic E-state index is -0.679. The maximum atomic E-state index is 9.21. The van der Waals surface area contributed by atoms with Crippen LogP contribution in [0.5, 0.6) is 5.75 Å². The van der Waals surface area contributed by atoms with Gasteiger partial charge in [0.15, 0.2) is 0 Å². The van der Waals surface area contributed by atoms with Crippen LogP contribution in [-0.4, -0.2) is 16.8 Å². The number of azide groups is 1. The van der Waals surface area contributed by atoms with E-state index in [4.69, 9.17) is 10.6 Å². The summed E-state index contributed by atoms with van der Waals surface area (Å²) in [5.74, 6) is 0.0646. The molecular formula is C8H8BrN3O2. The number of phenols is 1. The molecule has 1 unspecified atom stereocenters. The molecular weight excluding hydrogens is 250 g/mol. The number of benzene rings is 1. The van der Waals surface area contributed by atoms with Gasteiger partial charge in [0, 0.05) is 9.38 Å². The van der Waals surface area contributed by atoms with Crippen LogP contribution in [0.3, 0.4) is 0 Å². The van der Waals surface area contributed by atoms with E-state index >= 15 is 0 Å². The van der Waals surface area contributed by atoms with Crippen molar-refractivity contribution in [3.05, 3.63) is 38.7 Å². The minimum Gasteiger partial charge on any atom is -0.508 e. The first-order valence-electron chi connectivity index (χ1n) is 3.82. The lowest BCUT2D eigenvalue weighted by molar-refractivity contribution is 0.267. The third-order valence-electron chi connectivity index (χ3n) is 1.70. The Hall–Kier alpha value is -1.23. The van der Waals surface area contributed by atoms with E-state index in [0.29, 0.717) is 10.0 Å². The number of nitrogens with zero attached hydrogens (tertiary/aromatic N) is 3. The number of halogens is 1. The summed E-state index contributed by atoms with van der Waals surface area (Å²) in [6.07, 6.45) is 0. The molecule has 1 aromatic rings. The summed E-state index contributed by atoms with van der Waals surface area (Å²) in [7, 11) is 0. The summed E-state index contributed by atoms with van der Waals surface area (Å²) in [6.45, 7) is -0.299. The number of aromatic hydroxyl groups is 1. The highest BCUT2D eigenvalue weighted by atomic mass is 79.9. The van der Waals surface area contributed by atoms with Crippen molar-refractivity contribution in [1.82, 2.24) is 0 Å². The number of hydrogen-bond donors (Lipinski definition) is 2. The van der Waals surface area contributed by atoms with Gasteiger partial charge in [0.05, 0.1) is 12.6 Å². The predicted octanol–water partition coefficient (Wildman–Crippen LogP) is 2.50. The standard InChI is InChI=1S/C8H8BrN3O2/c9-7-2-1-5(14)3-6(7)8(4-13)11-12-10/h1-3,8,13-14H,4H2. The second-order valence-electron chi connectivity index (χ2n) is 2.61. The first kappa shape index (κ1) is 10.8. The Kier molecular flexibility index (Phi) is 3.76. The van der Waals surface area contributed by atoms with Crippen LogP contribution in [0.25, 0.3) is 10.4 Å². The molecule has 6 heteroatoms. The predicted molar refractivity (Wildman–Crippen MR) is 54.8 cm³/mol. The lowest BCUT2D eigenvalue weighted by Gasteiger charge is -2.10. The lowest BCUT2D eigenvalue weighted by atomic mass is 10.1. The molecule has 1 rings (SSSR count). The topological polar surface area (TPSA) is 89.2 Å². The van der Waals surface area contributed by atoms with Crippen molar-refractivity contribution in [2.75, 3.05) is 6.61 Å². The van der Waals surface area contributed by atoms with Crippen molar-refractivity contribution in [2.45, 2.75) is 6.04 Å². The Balaban J connectivity index is 3.14. The Labute approximate surface area is 88.8 Å². The molecule has 14 heavy (non-hydrogen) atoms. The normalized spacial score (nSPS) is 11.9. The molecule has 1 aromatic carbocycles. The lowest BCUT2D eigenvalue weighted by Crippen LogP contribution is -2.00. The Morgan fingerprint density at radius 2 is 2.29 bits per heavy atom. The third-order valence-corrected chi connectivity index (χ3v) is 2.42. The molecule has 0 fully saturated rings. The van der Waals surface area contributed by atoms with Gasteiger partial charge in [-0.1, -0.05) is 21.0 Å². The zero-order valence-corrected chi connectivity index (χ0v) is 8.72. The summed E-state index contributed by atoms with van der Waals surface area (Å²) in [6, 6.07) is 3.89. The SMILES string of the molecule is [N-]=[N+]=NC(CO)c1cc(O)ccc1Br. The molecule has 5 nitrogen and oxygen atoms in total. The minimum absolute atomic E-state index is 0.0646. The number of aliphatic hydroxyl groups is 1. The van der Waals surface area contributed by atoms with Crippen LogP contribution in [0, 0.1) is 0 Å². The highest BCUT2D eigenvalue weighted by Gasteiger charge is 2.12. The maximum absolute atomic E-state index is 9.21. The zero-order valence-electron chi connectivity index (χ0n) is 7.13. The zero-order chi connectivity index (χ0) is 10.6. The van der Waals surface area contributed by atoms with Gasteiger partial charge >= 0.3 is 0 Å². The maximum Gasteiger partial charge on any atom is 0.115 e. The smallest absolute Gasteiger partial charge is 0.115 e. The van der Waals surface area contributed by atoms with Crippen molar-refractivity contribution in [2.24, 2.45) is 5.11 Å². The molecule has 0 spiro atoms. The molecule has 0 radical (unpaired) electrons. The van der Waals surface area contributed by atoms with E-state index in [-0.39, 0.29) is 12.4 Å². The van der Waals surface area contributed by atoms with E-state index in [1.165, 1.54) is 12.1 Å². The van der Waals surface area contributed by atoms with Crippen LogP contribution in [0.2, 0.25) is 0 Å². The highest BCUT2D eigenvalue weighted by molar-refractivity contribution is 9.10. The van der Waals surface area contributed by atoms with Crippen molar-refractivity contribution in [3.63, 3.8) is 0 Å². The summed E-state index contributed by atoms with van der Waals surface area (Å²) in [4.78, 5) is 2.62. The molecule has 0 bridgehead atoms. The molecule has 74 valence electrons. The highest BCUT2D eigenvalue weighted by Crippen LogP contribution is 2.29. The van der Waals surface area contributed by atoms with Crippen molar-refractivity contribution < 1.29 is 10.2 Å². The van der Waals surface area contributed by atoms with E-state index < -0.39 is 6.04 Å². The van der Waals surface area contributed by atoms with E-state index in [9.17, 15) is 5.11 Å². The fourth-order valence-corrected chi connectivity index (χ4v) is 1.56. The van der Waals surface area contributed by atoms with Gasteiger partial charge in [-0.15, -0.1) is 0 Å². The molecule has 0 saturated carbocycles. The van der Waals surface area contributed by atoms with Crippen LogP contribution >= 0.6 is 15.9 Å². The Morgan fingerprint density at radius 1 is 1.57 bits per heavy atom. The first-order valence-corrected chi connectivity index (χ1v) is 4.61. The molecule has 0 aromatic heterocycles. The molecule has 0 amide bonds. The molecule has 0 saturated heterocycles. The van der Waals surface area contributed by atoms with E-state index in [0.717, 1.165) is 0 Å². The van der Waals surface area contributed by atoms with E-state index in [1.807, 2.05) is 0 Å². The average molecular weight is 258 g/mol. The van der Waals surface area contributed by atoms with Gasteiger partial charge in [-0.05, 0) is 29.3 Å². The van der Waals surface area contributed by atoms with Crippen LogP contribution in [-0.2, 0) is 0 Å². The van der Waals surface area contributed by atoms with Crippen LogP contribution < -0.4 is 0 Å². The van der Waals surface area contributed by atoms with Gasteiger partial charge in [-0.3, -0.25) is 0 Å². The van der Waals surface area contributed by atoms with Crippen molar-refractivity contribution in [1.29, 1.82) is 0 Å². The van der Waals surface area contributed by atoms with Gasteiger partial charge in [0.25, 0.3) is 0 Å². The van der Waals surface area contributed by atoms with Crippen LogP contribution in [0.15, 0.2) is 27.8 Å². The van der Waals surface area contributed by atoms with Gasteiger partial charge in [0.2, 0.25) is 0 Å². The molecule has 0 aliphatic carbocycles. The number of aliphatic hydroxyl groups excluding tert-OH is 1. The Morgan fingerprint density at radius 3 is 2.86 bits per heavy atom. The monoisotopic (exact) mass is 257 g/mol. The fourth-order valence-electron chi connectivity index (χ4n) is 1.05. The first-order chi connectivity index (χ1) is 6.69. The molecule has 2 N–H and O–H groups in total. The molecule has 1 atom stereocenters. The summed E-state index contributed by atoms with van der Waals surface area (Å²) < 4.78 is 0.682. The second kappa shape index (κ2) is 4.85. The van der Waals surface area contributed by atoms with E-state index in [1.54, 1.807) is 6.07 Å². The fraction of sp³-hybridized carbons (Fsp3) is 0.250. The van der Waals surface area contributed by atoms with E-state index in [2.05, 4.69) is 26.0 Å². The largest absolute Gasteiger partial charge is 0.508 e. The number of hydrogen-bond acceptors (Lipinski definition) is 3. The third kappa shape index (κ3) is 2.38. The van der Waals surface area contributed by atoms with Crippen LogP contribution in [0.4, 0.5) is 0 Å². The molecule has 0 heterocycles. The van der Waals surface area contributed by atoms with Gasteiger partial charge in [-0.25, -0.2) is 0 Å². The quantitative estimate of drug-likeness (QED) is 0.495. The van der Waals surface area contributed by atoms with Crippen LogP contribution in [0.1, 0.15) is 11.6 Å². The number of phenolic OH excluding ortho intramolecular Hbond substituents is 1. The van der Waals surface area contributed by atoms with Gasteiger partial charge in [-0.2, -0.15) is 0 Å². The Bertz CT molecular complexity index is 377. The summed E-state index contributed by atoms with van der Waals surface area (Å²) in [5.41, 5.74) is 8.82. The molecule has 0 aliphatic heterocycles. The van der Waals surface area contributed by atoms with Crippen molar-refractivity contribution >= 4 is 15.9 Å². The summed E-state index contributed by atoms with van der Waals surface area (Å²) in [5, 5.41) is 21.6. The second-order valence-corrected chi connectivity index (χ2v) is 3.46. The van der Waals surface area contributed by atoms with Crippen molar-refractivity contribution in [3.8, 4) is 5.75 Å². The summed E-state index contributed by atoms with van der Waals surface area (Å²) >= 11 is 3.24. The average Bonchev–Trinajstić information content (AvgIpc) is 2.18. The van der Waals surface area contributed by atoms with Gasteiger partial charge < -0.3 is 10.2 Å². The molecule has 0 aliphatic rings. The number of rotatable bonds is 3. The van der Waals surface area contributed by atoms with Gasteiger partial charge in [0.1, 0.15) is 5.75 Å².